The second-order valence-corrected chi connectivity index (χ2v) is 6.21. The Morgan fingerprint density at radius 3 is 2.36 bits per heavy atom. The third-order valence-electron chi connectivity index (χ3n) is 4.56. The van der Waals surface area contributed by atoms with Crippen LogP contribution >= 0.6 is 0 Å². The highest BCUT2D eigenvalue weighted by atomic mass is 16.2. The molecule has 0 fully saturated rings. The number of carbonyl (C=O) groups excluding carboxylic acids is 1. The normalized spacial score (nSPS) is 16.1. The van der Waals surface area contributed by atoms with Crippen molar-refractivity contribution in [2.75, 3.05) is 5.32 Å². The van der Waals surface area contributed by atoms with Crippen LogP contribution in [0.5, 0.6) is 0 Å². The minimum Gasteiger partial charge on any atom is -0.325 e. The van der Waals surface area contributed by atoms with Crippen LogP contribution in [0.15, 0.2) is 73.1 Å². The first-order valence-corrected chi connectivity index (χ1v) is 8.41. The van der Waals surface area contributed by atoms with Crippen molar-refractivity contribution in [3.05, 3.63) is 84.2 Å². The molecule has 2 N–H and O–H groups in total. The lowest BCUT2D eigenvalue weighted by molar-refractivity contribution is -0.118. The Morgan fingerprint density at radius 2 is 1.60 bits per heavy atom. The van der Waals surface area contributed by atoms with Gasteiger partial charge in [0.2, 0.25) is 5.91 Å². The van der Waals surface area contributed by atoms with E-state index in [0.717, 1.165) is 29.8 Å². The SMILES string of the molecule is O=C(Nc1ccc(-c2ccncc2)cc1)C1Cc2ccccc2CN1. The number of amides is 1. The second kappa shape index (κ2) is 6.87. The fraction of sp³-hybridized carbons (Fsp3) is 0.143. The molecule has 0 spiro atoms. The van der Waals surface area contributed by atoms with Gasteiger partial charge in [-0.05, 0) is 52.9 Å². The minimum atomic E-state index is -0.199. The molecule has 2 aromatic carbocycles. The van der Waals surface area contributed by atoms with Crippen LogP contribution in [0.3, 0.4) is 0 Å². The van der Waals surface area contributed by atoms with Crippen LogP contribution in [0.2, 0.25) is 0 Å². The summed E-state index contributed by atoms with van der Waals surface area (Å²) in [5.74, 6) is 0.00571. The lowest BCUT2D eigenvalue weighted by Gasteiger charge is -2.25. The van der Waals surface area contributed by atoms with Gasteiger partial charge in [0.05, 0.1) is 6.04 Å². The Hall–Kier alpha value is -2.98. The highest BCUT2D eigenvalue weighted by Gasteiger charge is 2.23. The van der Waals surface area contributed by atoms with E-state index < -0.39 is 0 Å². The van der Waals surface area contributed by atoms with Crippen LogP contribution in [0.1, 0.15) is 11.1 Å². The molecule has 0 bridgehead atoms. The van der Waals surface area contributed by atoms with E-state index in [4.69, 9.17) is 0 Å². The summed E-state index contributed by atoms with van der Waals surface area (Å²) in [6.45, 7) is 0.731. The first kappa shape index (κ1) is 15.5. The first-order valence-electron chi connectivity index (χ1n) is 8.41. The molecule has 4 nitrogen and oxygen atoms in total. The van der Waals surface area contributed by atoms with E-state index in [1.54, 1.807) is 12.4 Å². The fourth-order valence-corrected chi connectivity index (χ4v) is 3.16. The molecule has 3 aromatic rings. The largest absolute Gasteiger partial charge is 0.325 e. The van der Waals surface area contributed by atoms with Crippen molar-refractivity contribution in [1.82, 2.24) is 10.3 Å². The Bertz CT molecular complexity index is 875. The zero-order valence-electron chi connectivity index (χ0n) is 13.8. The summed E-state index contributed by atoms with van der Waals surface area (Å²) in [6, 6.07) is 19.9. The van der Waals surface area contributed by atoms with Crippen molar-refractivity contribution >= 4 is 11.6 Å². The smallest absolute Gasteiger partial charge is 0.241 e. The molecule has 1 unspecified atom stereocenters. The van der Waals surface area contributed by atoms with E-state index in [0.29, 0.717) is 0 Å². The molecule has 1 atom stereocenters. The molecule has 0 saturated carbocycles. The highest BCUT2D eigenvalue weighted by Crippen LogP contribution is 2.21. The average Bonchev–Trinajstić information content (AvgIpc) is 2.69. The van der Waals surface area contributed by atoms with E-state index in [9.17, 15) is 4.79 Å². The van der Waals surface area contributed by atoms with Crippen LogP contribution in [0.25, 0.3) is 11.1 Å². The van der Waals surface area contributed by atoms with E-state index >= 15 is 0 Å². The number of pyridine rings is 1. The summed E-state index contributed by atoms with van der Waals surface area (Å²) < 4.78 is 0. The maximum atomic E-state index is 12.6. The van der Waals surface area contributed by atoms with Gasteiger partial charge in [-0.25, -0.2) is 0 Å². The number of rotatable bonds is 3. The summed E-state index contributed by atoms with van der Waals surface area (Å²) in [5, 5.41) is 6.32. The number of aromatic nitrogens is 1. The lowest BCUT2D eigenvalue weighted by Crippen LogP contribution is -2.44. The van der Waals surface area contributed by atoms with Gasteiger partial charge in [-0.3, -0.25) is 9.78 Å². The molecule has 4 heteroatoms. The fourth-order valence-electron chi connectivity index (χ4n) is 3.16. The number of nitrogens with zero attached hydrogens (tertiary/aromatic N) is 1. The number of benzene rings is 2. The monoisotopic (exact) mass is 329 g/mol. The molecule has 1 aliphatic rings. The number of hydrogen-bond donors (Lipinski definition) is 2. The van der Waals surface area contributed by atoms with Crippen molar-refractivity contribution in [2.24, 2.45) is 0 Å². The Balaban J connectivity index is 1.43. The highest BCUT2D eigenvalue weighted by molar-refractivity contribution is 5.95. The number of nitrogens with one attached hydrogen (secondary N) is 2. The number of carbonyl (C=O) groups is 1. The van der Waals surface area contributed by atoms with Crippen LogP contribution in [-0.2, 0) is 17.8 Å². The third kappa shape index (κ3) is 3.44. The quantitative estimate of drug-likeness (QED) is 0.774. The van der Waals surface area contributed by atoms with Gasteiger partial charge in [0.25, 0.3) is 0 Å². The first-order chi connectivity index (χ1) is 12.3. The molecule has 124 valence electrons. The molecule has 1 amide bonds. The molecule has 0 saturated heterocycles. The molecule has 0 aliphatic carbocycles. The zero-order valence-corrected chi connectivity index (χ0v) is 13.8. The van der Waals surface area contributed by atoms with Gasteiger partial charge >= 0.3 is 0 Å². The number of fused-ring (bicyclic) bond motifs is 1. The maximum Gasteiger partial charge on any atom is 0.241 e. The predicted molar refractivity (Wildman–Crippen MR) is 99.1 cm³/mol. The van der Waals surface area contributed by atoms with Gasteiger partial charge in [0.15, 0.2) is 0 Å². The van der Waals surface area contributed by atoms with Crippen molar-refractivity contribution in [3.8, 4) is 11.1 Å². The minimum absolute atomic E-state index is 0.00571. The van der Waals surface area contributed by atoms with Gasteiger partial charge in [-0.2, -0.15) is 0 Å². The van der Waals surface area contributed by atoms with Gasteiger partial charge in [-0.1, -0.05) is 36.4 Å². The molecule has 1 aromatic heterocycles. The topological polar surface area (TPSA) is 54.0 Å². The van der Waals surface area contributed by atoms with Gasteiger partial charge in [0, 0.05) is 24.6 Å². The van der Waals surface area contributed by atoms with E-state index in [2.05, 4.69) is 27.8 Å². The zero-order chi connectivity index (χ0) is 17.1. The van der Waals surface area contributed by atoms with Gasteiger partial charge in [-0.15, -0.1) is 0 Å². The van der Waals surface area contributed by atoms with E-state index in [1.165, 1.54) is 11.1 Å². The molecule has 4 rings (SSSR count). The van der Waals surface area contributed by atoms with E-state index in [1.807, 2.05) is 48.5 Å². The number of hydrogen-bond acceptors (Lipinski definition) is 3. The van der Waals surface area contributed by atoms with Gasteiger partial charge in [0.1, 0.15) is 0 Å². The Morgan fingerprint density at radius 1 is 0.920 bits per heavy atom. The summed E-state index contributed by atoms with van der Waals surface area (Å²) >= 11 is 0. The summed E-state index contributed by atoms with van der Waals surface area (Å²) in [7, 11) is 0. The van der Waals surface area contributed by atoms with Crippen LogP contribution in [0, 0.1) is 0 Å². The summed E-state index contributed by atoms with van der Waals surface area (Å²) in [4.78, 5) is 16.6. The lowest BCUT2D eigenvalue weighted by atomic mass is 9.95. The Labute approximate surface area is 146 Å². The molecular weight excluding hydrogens is 310 g/mol. The predicted octanol–water partition coefficient (Wildman–Crippen LogP) is 3.40. The van der Waals surface area contributed by atoms with Gasteiger partial charge < -0.3 is 10.6 Å². The van der Waals surface area contributed by atoms with Crippen LogP contribution in [-0.4, -0.2) is 16.9 Å². The molecule has 2 heterocycles. The number of anilines is 1. The summed E-state index contributed by atoms with van der Waals surface area (Å²) in [6.07, 6.45) is 4.27. The van der Waals surface area contributed by atoms with Crippen molar-refractivity contribution < 1.29 is 4.79 Å². The van der Waals surface area contributed by atoms with Crippen molar-refractivity contribution in [1.29, 1.82) is 0 Å². The molecule has 1 aliphatic heterocycles. The second-order valence-electron chi connectivity index (χ2n) is 6.21. The van der Waals surface area contributed by atoms with Crippen molar-refractivity contribution in [3.63, 3.8) is 0 Å². The van der Waals surface area contributed by atoms with Crippen LogP contribution in [0.4, 0.5) is 5.69 Å². The maximum absolute atomic E-state index is 12.6. The Kier molecular flexibility index (Phi) is 4.27. The van der Waals surface area contributed by atoms with E-state index in [-0.39, 0.29) is 11.9 Å². The standard InChI is InChI=1S/C21H19N3O/c25-21(20-13-17-3-1-2-4-18(17)14-23-20)24-19-7-5-15(6-8-19)16-9-11-22-12-10-16/h1-12,20,23H,13-14H2,(H,24,25). The molecule has 25 heavy (non-hydrogen) atoms. The van der Waals surface area contributed by atoms with Crippen molar-refractivity contribution in [2.45, 2.75) is 19.0 Å². The molecule has 0 radical (unpaired) electrons. The third-order valence-corrected chi connectivity index (χ3v) is 4.56. The molecular formula is C21H19N3O. The van der Waals surface area contributed by atoms with Crippen LogP contribution < -0.4 is 10.6 Å². The average molecular weight is 329 g/mol. The summed E-state index contributed by atoms with van der Waals surface area (Å²) in [5.41, 5.74) is 5.54.